The maximum Gasteiger partial charge on any atom is 0.306 e. The van der Waals surface area contributed by atoms with Crippen molar-refractivity contribution in [3.05, 3.63) is 0 Å². The molecular formula is C18H35NO2. The fourth-order valence-corrected chi connectivity index (χ4v) is 4.08. The van der Waals surface area contributed by atoms with Crippen LogP contribution in [0.3, 0.4) is 0 Å². The van der Waals surface area contributed by atoms with E-state index in [2.05, 4.69) is 46.6 Å². The van der Waals surface area contributed by atoms with Crippen LogP contribution in [0.2, 0.25) is 0 Å². The molecule has 1 heterocycles. The second kappa shape index (κ2) is 7.13. The summed E-state index contributed by atoms with van der Waals surface area (Å²) in [6.07, 6.45) is 7.45. The SMILES string of the molecule is CCCCCCC(C(=O)O)C1CC(C)(C)N(C)C(C)(C)C1. The molecule has 1 atom stereocenters. The average molecular weight is 297 g/mol. The number of aliphatic carboxylic acids is 1. The van der Waals surface area contributed by atoms with Crippen LogP contribution < -0.4 is 0 Å². The lowest BCUT2D eigenvalue weighted by atomic mass is 9.68. The van der Waals surface area contributed by atoms with Crippen molar-refractivity contribution in [3.63, 3.8) is 0 Å². The van der Waals surface area contributed by atoms with Crippen LogP contribution in [0.25, 0.3) is 0 Å². The molecule has 3 heteroatoms. The summed E-state index contributed by atoms with van der Waals surface area (Å²) in [5, 5.41) is 9.67. The van der Waals surface area contributed by atoms with E-state index in [1.807, 2.05) is 0 Å². The van der Waals surface area contributed by atoms with Crippen molar-refractivity contribution in [2.24, 2.45) is 11.8 Å². The molecule has 1 unspecified atom stereocenters. The van der Waals surface area contributed by atoms with E-state index in [4.69, 9.17) is 0 Å². The van der Waals surface area contributed by atoms with Crippen LogP contribution >= 0.6 is 0 Å². The first kappa shape index (κ1) is 18.5. The van der Waals surface area contributed by atoms with E-state index in [0.717, 1.165) is 25.7 Å². The highest BCUT2D eigenvalue weighted by atomic mass is 16.4. The lowest BCUT2D eigenvalue weighted by molar-refractivity contribution is -0.147. The average Bonchev–Trinajstić information content (AvgIpc) is 2.34. The number of unbranched alkanes of at least 4 members (excludes halogenated alkanes) is 3. The monoisotopic (exact) mass is 297 g/mol. The lowest BCUT2D eigenvalue weighted by Crippen LogP contribution is -2.59. The van der Waals surface area contributed by atoms with E-state index in [9.17, 15) is 9.90 Å². The molecule has 1 rings (SSSR count). The number of carboxylic acids is 1. The highest BCUT2D eigenvalue weighted by Crippen LogP contribution is 2.44. The third-order valence-electron chi connectivity index (χ3n) is 5.59. The fraction of sp³-hybridized carbons (Fsp3) is 0.944. The molecule has 124 valence electrons. The van der Waals surface area contributed by atoms with Gasteiger partial charge in [-0.25, -0.2) is 0 Å². The number of rotatable bonds is 7. The molecule has 0 bridgehead atoms. The molecule has 0 radical (unpaired) electrons. The lowest BCUT2D eigenvalue weighted by Gasteiger charge is -2.54. The zero-order valence-corrected chi connectivity index (χ0v) is 14.9. The van der Waals surface area contributed by atoms with Crippen molar-refractivity contribution >= 4 is 5.97 Å². The molecule has 0 aromatic carbocycles. The van der Waals surface area contributed by atoms with Gasteiger partial charge in [0.15, 0.2) is 0 Å². The van der Waals surface area contributed by atoms with E-state index in [1.54, 1.807) is 0 Å². The quantitative estimate of drug-likeness (QED) is 0.700. The van der Waals surface area contributed by atoms with Gasteiger partial charge in [0.1, 0.15) is 0 Å². The Morgan fingerprint density at radius 3 is 2.10 bits per heavy atom. The molecule has 0 amide bonds. The molecule has 1 saturated heterocycles. The number of carboxylic acid groups (broad SMARTS) is 1. The summed E-state index contributed by atoms with van der Waals surface area (Å²) in [6, 6.07) is 0. The number of hydrogen-bond donors (Lipinski definition) is 1. The summed E-state index contributed by atoms with van der Waals surface area (Å²) in [5.41, 5.74) is 0.146. The third kappa shape index (κ3) is 4.70. The van der Waals surface area contributed by atoms with Crippen molar-refractivity contribution in [1.82, 2.24) is 4.90 Å². The molecule has 0 saturated carbocycles. The summed E-state index contributed by atoms with van der Waals surface area (Å²) < 4.78 is 0. The van der Waals surface area contributed by atoms with Crippen molar-refractivity contribution in [1.29, 1.82) is 0 Å². The van der Waals surface area contributed by atoms with Crippen LogP contribution in [0.1, 0.15) is 79.6 Å². The largest absolute Gasteiger partial charge is 0.481 e. The van der Waals surface area contributed by atoms with Crippen molar-refractivity contribution in [2.75, 3.05) is 7.05 Å². The standard InChI is InChI=1S/C18H35NO2/c1-7-8-9-10-11-15(16(20)21)14-12-17(2,3)19(6)18(4,5)13-14/h14-15H,7-13H2,1-6H3,(H,20,21). The molecule has 0 aromatic heterocycles. The van der Waals surface area contributed by atoms with Gasteiger partial charge in [-0.15, -0.1) is 0 Å². The minimum atomic E-state index is -0.590. The van der Waals surface area contributed by atoms with Gasteiger partial charge < -0.3 is 5.11 Å². The first-order chi connectivity index (χ1) is 9.62. The second-order valence-electron chi connectivity index (χ2n) is 8.15. The Balaban J connectivity index is 2.76. The number of nitrogens with zero attached hydrogens (tertiary/aromatic N) is 1. The van der Waals surface area contributed by atoms with E-state index < -0.39 is 5.97 Å². The molecule has 1 fully saturated rings. The molecule has 1 aliphatic heterocycles. The van der Waals surface area contributed by atoms with Crippen LogP contribution in [0.4, 0.5) is 0 Å². The highest BCUT2D eigenvalue weighted by molar-refractivity contribution is 5.70. The predicted molar refractivity (Wildman–Crippen MR) is 88.5 cm³/mol. The number of piperidine rings is 1. The Hall–Kier alpha value is -0.570. The first-order valence-corrected chi connectivity index (χ1v) is 8.58. The predicted octanol–water partition coefficient (Wildman–Crippen LogP) is 4.56. The van der Waals surface area contributed by atoms with E-state index in [1.165, 1.54) is 19.3 Å². The number of hydrogen-bond acceptors (Lipinski definition) is 2. The minimum Gasteiger partial charge on any atom is -0.481 e. The molecule has 1 aliphatic rings. The van der Waals surface area contributed by atoms with Gasteiger partial charge in [0.2, 0.25) is 0 Å². The topological polar surface area (TPSA) is 40.5 Å². The summed E-state index contributed by atoms with van der Waals surface area (Å²) in [6.45, 7) is 11.2. The van der Waals surface area contributed by atoms with Crippen molar-refractivity contribution < 1.29 is 9.90 Å². The molecule has 0 aromatic rings. The van der Waals surface area contributed by atoms with Crippen LogP contribution in [0.5, 0.6) is 0 Å². The normalized spacial score (nSPS) is 23.9. The van der Waals surface area contributed by atoms with Gasteiger partial charge in [0, 0.05) is 11.1 Å². The maximum atomic E-state index is 11.8. The van der Waals surface area contributed by atoms with Crippen LogP contribution in [-0.2, 0) is 4.79 Å². The van der Waals surface area contributed by atoms with Crippen molar-refractivity contribution in [2.45, 2.75) is 90.6 Å². The fourth-order valence-electron chi connectivity index (χ4n) is 4.08. The second-order valence-corrected chi connectivity index (χ2v) is 8.15. The van der Waals surface area contributed by atoms with Gasteiger partial charge in [-0.2, -0.15) is 0 Å². The smallest absolute Gasteiger partial charge is 0.306 e. The zero-order valence-electron chi connectivity index (χ0n) is 14.9. The number of carbonyl (C=O) groups is 1. The summed E-state index contributed by atoms with van der Waals surface area (Å²) >= 11 is 0. The first-order valence-electron chi connectivity index (χ1n) is 8.58. The summed E-state index contributed by atoms with van der Waals surface area (Å²) in [5.74, 6) is -0.466. The number of likely N-dealkylation sites (tertiary alicyclic amines) is 1. The van der Waals surface area contributed by atoms with E-state index in [-0.39, 0.29) is 17.0 Å². The Bertz CT molecular complexity index is 331. The Kier molecular flexibility index (Phi) is 6.27. The van der Waals surface area contributed by atoms with Crippen molar-refractivity contribution in [3.8, 4) is 0 Å². The van der Waals surface area contributed by atoms with Gasteiger partial charge in [-0.3, -0.25) is 9.69 Å². The Morgan fingerprint density at radius 2 is 1.67 bits per heavy atom. The van der Waals surface area contributed by atoms with Crippen LogP contribution in [0.15, 0.2) is 0 Å². The summed E-state index contributed by atoms with van der Waals surface area (Å²) in [7, 11) is 2.17. The minimum absolute atomic E-state index is 0.0730. The summed E-state index contributed by atoms with van der Waals surface area (Å²) in [4.78, 5) is 14.2. The molecule has 21 heavy (non-hydrogen) atoms. The maximum absolute atomic E-state index is 11.8. The molecule has 0 spiro atoms. The van der Waals surface area contributed by atoms with E-state index >= 15 is 0 Å². The van der Waals surface area contributed by atoms with Gasteiger partial charge in [0.25, 0.3) is 0 Å². The van der Waals surface area contributed by atoms with Crippen LogP contribution in [-0.4, -0.2) is 34.1 Å². The highest BCUT2D eigenvalue weighted by Gasteiger charge is 2.46. The van der Waals surface area contributed by atoms with Gasteiger partial charge in [-0.1, -0.05) is 32.6 Å². The molecule has 1 N–H and O–H groups in total. The molecule has 0 aliphatic carbocycles. The van der Waals surface area contributed by atoms with E-state index in [0.29, 0.717) is 5.92 Å². The van der Waals surface area contributed by atoms with Gasteiger partial charge in [-0.05, 0) is 59.9 Å². The Morgan fingerprint density at radius 1 is 1.14 bits per heavy atom. The van der Waals surface area contributed by atoms with Gasteiger partial charge in [0.05, 0.1) is 5.92 Å². The third-order valence-corrected chi connectivity index (χ3v) is 5.59. The zero-order chi connectivity index (χ0) is 16.3. The molecule has 3 nitrogen and oxygen atoms in total. The molecular weight excluding hydrogens is 262 g/mol. The Labute approximate surface area is 131 Å². The van der Waals surface area contributed by atoms with Crippen LogP contribution in [0, 0.1) is 11.8 Å². The van der Waals surface area contributed by atoms with Gasteiger partial charge >= 0.3 is 5.97 Å².